The number of likely N-dealkylation sites (tertiary alicyclic amines) is 1. The van der Waals surface area contributed by atoms with Crippen LogP contribution in [0.25, 0.3) is 0 Å². The smallest absolute Gasteiger partial charge is 0.267 e. The van der Waals surface area contributed by atoms with Crippen LogP contribution in [0.3, 0.4) is 0 Å². The largest absolute Gasteiger partial charge is 0.389 e. The van der Waals surface area contributed by atoms with E-state index in [1.165, 1.54) is 30.4 Å². The second-order valence-electron chi connectivity index (χ2n) is 18.6. The summed E-state index contributed by atoms with van der Waals surface area (Å²) in [7, 11) is 0. The number of H-pyrrole nitrogens is 1. The van der Waals surface area contributed by atoms with Crippen LogP contribution in [-0.4, -0.2) is 173 Å². The summed E-state index contributed by atoms with van der Waals surface area (Å²) >= 11 is 0. The fourth-order valence-electron chi connectivity index (χ4n) is 7.79. The minimum absolute atomic E-state index is 0.0677. The third kappa shape index (κ3) is 23.6. The highest BCUT2D eigenvalue weighted by Crippen LogP contribution is 2.20. The van der Waals surface area contributed by atoms with E-state index in [4.69, 9.17) is 34.4 Å². The third-order valence-electron chi connectivity index (χ3n) is 11.9. The summed E-state index contributed by atoms with van der Waals surface area (Å²) in [6, 6.07) is -8.80. The number of hydrogen-bond donors (Lipinski definition) is 16. The van der Waals surface area contributed by atoms with E-state index < -0.39 is 115 Å². The summed E-state index contributed by atoms with van der Waals surface area (Å²) in [5.74, 6) is -6.67. The molecule has 22 N–H and O–H groups in total. The average Bonchev–Trinajstić information content (AvgIpc) is 4.09. The molecule has 1 aliphatic rings. The van der Waals surface area contributed by atoms with Crippen LogP contribution < -0.4 is 76.9 Å². The van der Waals surface area contributed by atoms with Gasteiger partial charge in [0.15, 0.2) is 5.96 Å². The van der Waals surface area contributed by atoms with Gasteiger partial charge in [0.2, 0.25) is 47.3 Å². The number of guanidine groups is 1. The maximum Gasteiger partial charge on any atom is 0.267 e. The summed E-state index contributed by atoms with van der Waals surface area (Å²) in [6.07, 6.45) is 7.62. The van der Waals surface area contributed by atoms with Crippen LogP contribution >= 0.6 is 0 Å². The van der Waals surface area contributed by atoms with Gasteiger partial charge in [-0.1, -0.05) is 38.7 Å². The minimum Gasteiger partial charge on any atom is -0.389 e. The molecular weight excluding hydrogens is 977 g/mol. The number of aliphatic imine (C=N–C) groups is 1. The Bertz CT molecular complexity index is 2070. The second-order valence-corrected chi connectivity index (χ2v) is 18.6. The quantitative estimate of drug-likeness (QED) is 0.0131. The minimum atomic E-state index is -1.55. The van der Waals surface area contributed by atoms with Crippen molar-refractivity contribution >= 4 is 59.1 Å². The van der Waals surface area contributed by atoms with Gasteiger partial charge < -0.3 is 91.9 Å². The number of nitrogens with two attached hydrogens (primary N) is 6. The first kappa shape index (κ1) is 64.4. The van der Waals surface area contributed by atoms with Gasteiger partial charge in [-0.2, -0.15) is 0 Å². The van der Waals surface area contributed by atoms with Gasteiger partial charge in [0, 0.05) is 44.0 Å². The van der Waals surface area contributed by atoms with E-state index in [9.17, 15) is 48.3 Å². The zero-order valence-corrected chi connectivity index (χ0v) is 43.8. The highest BCUT2D eigenvalue weighted by atomic mass is 16.3. The Kier molecular flexibility index (Phi) is 29.8. The van der Waals surface area contributed by atoms with E-state index in [0.29, 0.717) is 44.3 Å². The van der Waals surface area contributed by atoms with Gasteiger partial charge in [-0.25, -0.2) is 4.98 Å². The standard InChI is InChI=1S/C47H84N18O10/c1-5-6-7-14-31(42(71)61-32(41(70)58-27(2)3)16-11-20-55-47(52)53)62-43(72)34(22-29-24-54-26-57-29)63-44(73)35-17-12-21-65(35)46(75)33(15-10-19-49)60-37(67)25-56-39(68)28(4)59-45(74)38(36(66)23-50)64-40(69)30(51)13-8-9-18-48/h16,24,26-28,30-31,33-36,38,66H,5-15,17-23,25,48-51H2,1-4H3,(H,54,57)(H,56,68)(H,58,70)(H,59,74)(H,60,67)(H,61,71)(H,62,72)(H,63,73)(H,64,69)(H4,52,53,55)/b32-16-/t28-,30-,31-,33+,34-,35-,36-,38-/m0/s1. The van der Waals surface area contributed by atoms with E-state index >= 15 is 0 Å². The summed E-state index contributed by atoms with van der Waals surface area (Å²) in [5.41, 5.74) is 34.1. The molecule has 0 bridgehead atoms. The van der Waals surface area contributed by atoms with Crippen LogP contribution in [0.2, 0.25) is 0 Å². The van der Waals surface area contributed by atoms with Crippen LogP contribution in [0.4, 0.5) is 0 Å². The van der Waals surface area contributed by atoms with Crippen molar-refractivity contribution in [3.63, 3.8) is 0 Å². The molecule has 1 aromatic heterocycles. The van der Waals surface area contributed by atoms with Crippen molar-refractivity contribution in [3.05, 3.63) is 30.0 Å². The van der Waals surface area contributed by atoms with Crippen molar-refractivity contribution in [2.75, 3.05) is 39.3 Å². The van der Waals surface area contributed by atoms with Gasteiger partial charge >= 0.3 is 0 Å². The van der Waals surface area contributed by atoms with Gasteiger partial charge in [-0.3, -0.25) is 48.1 Å². The molecule has 0 aromatic carbocycles. The normalized spacial score (nSPS) is 16.2. The molecule has 2 rings (SSSR count). The Balaban J connectivity index is 2.24. The lowest BCUT2D eigenvalue weighted by Gasteiger charge is -2.30. The molecule has 1 aliphatic heterocycles. The van der Waals surface area contributed by atoms with Crippen molar-refractivity contribution in [2.24, 2.45) is 39.4 Å². The summed E-state index contributed by atoms with van der Waals surface area (Å²) in [5, 5.41) is 31.1. The fraction of sp³-hybridized carbons (Fsp3) is 0.681. The summed E-state index contributed by atoms with van der Waals surface area (Å²) in [6.45, 7) is 6.57. The average molecular weight is 1060 g/mol. The van der Waals surface area contributed by atoms with E-state index in [0.717, 1.165) is 12.8 Å². The van der Waals surface area contributed by atoms with Crippen LogP contribution in [0.1, 0.15) is 110 Å². The number of amides is 9. The van der Waals surface area contributed by atoms with Crippen molar-refractivity contribution in [1.82, 2.24) is 57.4 Å². The van der Waals surface area contributed by atoms with Crippen molar-refractivity contribution < 1.29 is 48.3 Å². The molecule has 0 unspecified atom stereocenters. The highest BCUT2D eigenvalue weighted by molar-refractivity contribution is 6.00. The number of aliphatic hydroxyl groups is 1. The molecule has 0 radical (unpaired) electrons. The molecule has 1 fully saturated rings. The molecule has 9 amide bonds. The van der Waals surface area contributed by atoms with Crippen molar-refractivity contribution in [2.45, 2.75) is 166 Å². The first-order chi connectivity index (χ1) is 35.7. The lowest BCUT2D eigenvalue weighted by atomic mass is 10.0. The molecule has 1 saturated heterocycles. The number of aromatic amines is 1. The number of aromatic nitrogens is 2. The molecule has 75 heavy (non-hydrogen) atoms. The molecule has 28 heteroatoms. The van der Waals surface area contributed by atoms with E-state index in [2.05, 4.69) is 57.5 Å². The summed E-state index contributed by atoms with van der Waals surface area (Å²) < 4.78 is 0. The lowest BCUT2D eigenvalue weighted by molar-refractivity contribution is -0.142. The lowest BCUT2D eigenvalue weighted by Crippen LogP contribution is -2.60. The number of unbranched alkanes of at least 4 members (excludes halogenated alkanes) is 3. The first-order valence-corrected chi connectivity index (χ1v) is 25.6. The van der Waals surface area contributed by atoms with Crippen LogP contribution in [-0.2, 0) is 49.6 Å². The number of nitrogens with one attached hydrogen (secondary N) is 9. The zero-order valence-electron chi connectivity index (χ0n) is 43.8. The SMILES string of the molecule is CCCCC[C@H](NC(=O)[C@H](Cc1cnc[nH]1)NC(=O)[C@@H]1CCCN1C(=O)[C@@H](CCCN)NC(=O)CNC(=O)[C@H](C)NC(=O)[C@@H](NC(=O)[C@@H](N)CCCCN)[C@@H](O)CN)C(=O)N/C(=C\CCN=C(N)N)C(=O)NC(C)C. The van der Waals surface area contributed by atoms with Crippen molar-refractivity contribution in [3.8, 4) is 0 Å². The molecular formula is C47H84N18O10. The molecule has 422 valence electrons. The monoisotopic (exact) mass is 1060 g/mol. The maximum absolute atomic E-state index is 14.2. The zero-order chi connectivity index (χ0) is 56.0. The fourth-order valence-corrected chi connectivity index (χ4v) is 7.79. The number of hydrogen-bond acceptors (Lipinski definition) is 16. The Morgan fingerprint density at radius 1 is 0.813 bits per heavy atom. The van der Waals surface area contributed by atoms with Crippen LogP contribution in [0.5, 0.6) is 0 Å². The number of imidazole rings is 1. The number of carbonyl (C=O) groups excluding carboxylic acids is 9. The second kappa shape index (κ2) is 34.7. The van der Waals surface area contributed by atoms with E-state index in [1.54, 1.807) is 13.8 Å². The Morgan fingerprint density at radius 2 is 1.51 bits per heavy atom. The number of rotatable bonds is 35. The first-order valence-electron chi connectivity index (χ1n) is 25.6. The predicted molar refractivity (Wildman–Crippen MR) is 279 cm³/mol. The maximum atomic E-state index is 14.2. The highest BCUT2D eigenvalue weighted by Gasteiger charge is 2.40. The molecule has 8 atom stereocenters. The molecule has 0 saturated carbocycles. The Labute approximate surface area is 438 Å². The van der Waals surface area contributed by atoms with Gasteiger partial charge in [-0.05, 0) is 85.2 Å². The molecule has 0 spiro atoms. The Hall–Kier alpha value is -6.75. The molecule has 2 heterocycles. The Morgan fingerprint density at radius 3 is 2.13 bits per heavy atom. The molecule has 28 nitrogen and oxygen atoms in total. The van der Waals surface area contributed by atoms with Crippen molar-refractivity contribution in [1.29, 1.82) is 0 Å². The topological polar surface area (TPSA) is 470 Å². The van der Waals surface area contributed by atoms with Gasteiger partial charge in [0.1, 0.15) is 41.9 Å². The van der Waals surface area contributed by atoms with Gasteiger partial charge in [0.05, 0.1) is 25.0 Å². The van der Waals surface area contributed by atoms with E-state index in [-0.39, 0.29) is 75.9 Å². The van der Waals surface area contributed by atoms with Crippen LogP contribution in [0, 0.1) is 0 Å². The summed E-state index contributed by atoms with van der Waals surface area (Å²) in [4.78, 5) is 134. The third-order valence-corrected chi connectivity index (χ3v) is 11.9. The molecule has 0 aliphatic carbocycles. The van der Waals surface area contributed by atoms with E-state index in [1.807, 2.05) is 6.92 Å². The number of aliphatic hydroxyl groups excluding tert-OH is 1. The predicted octanol–water partition coefficient (Wildman–Crippen LogP) is -5.21. The van der Waals surface area contributed by atoms with Gasteiger partial charge in [0.25, 0.3) is 5.91 Å². The van der Waals surface area contributed by atoms with Crippen LogP contribution in [0.15, 0.2) is 29.3 Å². The van der Waals surface area contributed by atoms with Gasteiger partial charge in [-0.15, -0.1) is 0 Å². The number of nitrogens with zero attached hydrogens (tertiary/aromatic N) is 3. The number of carbonyl (C=O) groups is 9. The molecule has 1 aromatic rings.